The van der Waals surface area contributed by atoms with Gasteiger partial charge in [0.05, 0.1) is 0 Å². The van der Waals surface area contributed by atoms with Crippen LogP contribution < -0.4 is 26.3 Å². The second-order valence-electron chi connectivity index (χ2n) is 15.8. The lowest BCUT2D eigenvalue weighted by molar-refractivity contribution is -0.145. The maximum Gasteiger partial charge on any atom is 0.262 e. The monoisotopic (exact) mass is 730 g/mol. The maximum absolute atomic E-state index is 13.7. The van der Waals surface area contributed by atoms with E-state index in [1.807, 2.05) is 50.2 Å². The molecule has 0 aliphatic carbocycles. The molecule has 0 unspecified atom stereocenters. The van der Waals surface area contributed by atoms with Gasteiger partial charge in [-0.1, -0.05) is 108 Å². The van der Waals surface area contributed by atoms with Gasteiger partial charge >= 0.3 is 0 Å². The Hall–Kier alpha value is -4.09. The highest BCUT2D eigenvalue weighted by Crippen LogP contribution is 2.37. The molecule has 2 saturated heterocycles. The molecule has 0 bridgehead atoms. The lowest BCUT2D eigenvalue weighted by Crippen LogP contribution is -2.68. The topological polar surface area (TPSA) is 134 Å². The summed E-state index contributed by atoms with van der Waals surface area (Å²) in [6.45, 7) is 15.9. The summed E-state index contributed by atoms with van der Waals surface area (Å²) in [4.78, 5) is 69.6. The highest BCUT2D eigenvalue weighted by atomic mass is 28.4. The van der Waals surface area contributed by atoms with Crippen molar-refractivity contribution in [3.8, 4) is 0 Å². The molecule has 282 valence electrons. The number of rotatable bonds is 12. The predicted octanol–water partition coefficient (Wildman–Crippen LogP) is 4.16. The molecule has 0 radical (unpaired) electrons. The number of allylic oxidation sites excluding steroid dienone is 1. The molecule has 3 N–H and O–H groups in total. The number of benzene rings is 2. The van der Waals surface area contributed by atoms with E-state index >= 15 is 0 Å². The summed E-state index contributed by atoms with van der Waals surface area (Å²) in [5, 5.41) is 10.6. The van der Waals surface area contributed by atoms with Crippen LogP contribution in [-0.4, -0.2) is 78.9 Å². The fraction of sp³-hybridized carbons (Fsp3) is 0.537. The van der Waals surface area contributed by atoms with Gasteiger partial charge in [-0.15, -0.1) is 0 Å². The van der Waals surface area contributed by atoms with Crippen LogP contribution in [0, 0.1) is 5.92 Å². The maximum atomic E-state index is 13.7. The zero-order valence-corrected chi connectivity index (χ0v) is 33.2. The van der Waals surface area contributed by atoms with E-state index in [9.17, 15) is 24.0 Å². The molecule has 52 heavy (non-hydrogen) atoms. The summed E-state index contributed by atoms with van der Waals surface area (Å²) in [5.74, 6) is -1.92. The van der Waals surface area contributed by atoms with Gasteiger partial charge in [0.25, 0.3) is 8.32 Å². The molecule has 2 aliphatic heterocycles. The quantitative estimate of drug-likeness (QED) is 0.171. The first-order valence-corrected chi connectivity index (χ1v) is 20.7. The molecule has 11 heteroatoms. The Bertz CT molecular complexity index is 1570. The van der Waals surface area contributed by atoms with Gasteiger partial charge in [-0.05, 0) is 79.8 Å². The summed E-state index contributed by atoms with van der Waals surface area (Å²) in [6, 6.07) is 17.9. The Morgan fingerprint density at radius 1 is 0.962 bits per heavy atom. The Balaban J connectivity index is 1.48. The van der Waals surface area contributed by atoms with Crippen LogP contribution in [0.5, 0.6) is 0 Å². The van der Waals surface area contributed by atoms with Gasteiger partial charge in [0, 0.05) is 6.54 Å². The SMILES string of the molecule is CC[C@]1(C)NC(=O)[C@H](CCC/C=C/C(=O)[C@@H](C)O[Si](c2ccccc2)(c2ccccc2)C(C)(C)C)NC(=O)[C@H]2CCCN2C(=O)[C@H](C(C)C)NC1=O. The molecule has 2 fully saturated rings. The van der Waals surface area contributed by atoms with Gasteiger partial charge in [0.15, 0.2) is 5.78 Å². The van der Waals surface area contributed by atoms with Crippen LogP contribution >= 0.6 is 0 Å². The van der Waals surface area contributed by atoms with Gasteiger partial charge in [0.2, 0.25) is 23.6 Å². The standard InChI is InChI=1S/C41H58N4O6Si/c1-9-41(8)39(50)43-35(28(2)3)38(49)45-27-19-25-33(45)37(48)42-32(36(47)44-41)24-17-12-18-26-34(46)29(4)51-52(40(5,6)7,30-20-13-10-14-21-30)31-22-15-11-16-23-31/h10-11,13-16,18,20-23,26,28-29,32-33,35H,9,12,17,19,24-25,27H2,1-8H3,(H,42,48)(H,43,50)(H,44,47)/b26-18+/t29-,32+,33-,35+,41+/m1/s1. The number of carbonyl (C=O) groups is 5. The summed E-state index contributed by atoms with van der Waals surface area (Å²) in [5.41, 5.74) is -1.29. The third-order valence-corrected chi connectivity index (χ3v) is 15.7. The van der Waals surface area contributed by atoms with Crippen LogP contribution in [0.25, 0.3) is 0 Å². The highest BCUT2D eigenvalue weighted by Gasteiger charge is 2.51. The third-order valence-electron chi connectivity index (χ3n) is 10.6. The zero-order valence-electron chi connectivity index (χ0n) is 32.2. The lowest BCUT2D eigenvalue weighted by atomic mass is 9.93. The van der Waals surface area contributed by atoms with Crippen molar-refractivity contribution in [1.82, 2.24) is 20.9 Å². The first-order valence-electron chi connectivity index (χ1n) is 18.8. The molecule has 4 rings (SSSR count). The van der Waals surface area contributed by atoms with E-state index in [-0.39, 0.29) is 41.4 Å². The number of nitrogens with zero attached hydrogens (tertiary/aromatic N) is 1. The van der Waals surface area contributed by atoms with Crippen LogP contribution in [0.2, 0.25) is 5.04 Å². The Kier molecular flexibility index (Phi) is 13.4. The molecule has 2 aromatic rings. The average molecular weight is 731 g/mol. The molecule has 4 amide bonds. The molecular weight excluding hydrogens is 673 g/mol. The first kappa shape index (κ1) is 40.7. The summed E-state index contributed by atoms with van der Waals surface area (Å²) in [7, 11) is -2.93. The van der Waals surface area contributed by atoms with Crippen LogP contribution in [0.15, 0.2) is 72.8 Å². The summed E-state index contributed by atoms with van der Waals surface area (Å²) >= 11 is 0. The highest BCUT2D eigenvalue weighted by molar-refractivity contribution is 6.99. The molecule has 2 heterocycles. The number of hydrogen-bond acceptors (Lipinski definition) is 6. The number of unbranched alkanes of at least 4 members (excludes halogenated alkanes) is 1. The predicted molar refractivity (Wildman–Crippen MR) is 206 cm³/mol. The minimum Gasteiger partial charge on any atom is -0.397 e. The van der Waals surface area contributed by atoms with E-state index in [0.717, 1.165) is 10.4 Å². The number of hydrogen-bond donors (Lipinski definition) is 3. The number of carbonyl (C=O) groups excluding carboxylic acids is 5. The third kappa shape index (κ3) is 8.91. The van der Waals surface area contributed by atoms with E-state index in [2.05, 4.69) is 61.0 Å². The minimum atomic E-state index is -2.93. The summed E-state index contributed by atoms with van der Waals surface area (Å²) < 4.78 is 6.96. The molecular formula is C41H58N4O6Si. The number of nitrogens with one attached hydrogen (secondary N) is 3. The van der Waals surface area contributed by atoms with E-state index in [4.69, 9.17) is 4.43 Å². The molecule has 2 aliphatic rings. The van der Waals surface area contributed by atoms with E-state index in [1.54, 1.807) is 37.8 Å². The molecule has 5 atom stereocenters. The van der Waals surface area contributed by atoms with Crippen LogP contribution in [0.4, 0.5) is 0 Å². The average Bonchev–Trinajstić information content (AvgIpc) is 3.61. The summed E-state index contributed by atoms with van der Waals surface area (Å²) in [6.07, 6.45) is 5.31. The molecule has 10 nitrogen and oxygen atoms in total. The molecule has 2 aromatic carbocycles. The normalized spacial score (nSPS) is 24.1. The molecule has 0 spiro atoms. The van der Waals surface area contributed by atoms with Crippen molar-refractivity contribution in [2.45, 2.75) is 129 Å². The Morgan fingerprint density at radius 3 is 2.10 bits per heavy atom. The van der Waals surface area contributed by atoms with Gasteiger partial charge in [0.1, 0.15) is 29.8 Å². The largest absolute Gasteiger partial charge is 0.397 e. The number of amides is 4. The van der Waals surface area contributed by atoms with E-state index in [1.165, 1.54) is 0 Å². The van der Waals surface area contributed by atoms with Crippen LogP contribution in [-0.2, 0) is 28.4 Å². The second kappa shape index (κ2) is 17.2. The first-order chi connectivity index (χ1) is 24.6. The van der Waals surface area contributed by atoms with Crippen molar-refractivity contribution in [3.63, 3.8) is 0 Å². The number of ketones is 1. The van der Waals surface area contributed by atoms with Gasteiger partial charge in [-0.2, -0.15) is 0 Å². The van der Waals surface area contributed by atoms with Crippen molar-refractivity contribution < 1.29 is 28.4 Å². The van der Waals surface area contributed by atoms with Crippen LogP contribution in [0.1, 0.15) is 93.9 Å². The second-order valence-corrected chi connectivity index (χ2v) is 20.0. The van der Waals surface area contributed by atoms with Gasteiger partial charge < -0.3 is 25.3 Å². The fourth-order valence-corrected chi connectivity index (χ4v) is 11.9. The zero-order chi connectivity index (χ0) is 38.3. The minimum absolute atomic E-state index is 0.152. The Morgan fingerprint density at radius 2 is 1.56 bits per heavy atom. The van der Waals surface area contributed by atoms with Gasteiger partial charge in [-0.25, -0.2) is 0 Å². The lowest BCUT2D eigenvalue weighted by Gasteiger charge is -2.44. The smallest absolute Gasteiger partial charge is 0.262 e. The van der Waals surface area contributed by atoms with Crippen molar-refractivity contribution in [2.24, 2.45) is 5.92 Å². The number of fused-ring (bicyclic) bond motifs is 1. The van der Waals surface area contributed by atoms with Crippen LogP contribution in [0.3, 0.4) is 0 Å². The molecule has 0 aromatic heterocycles. The van der Waals surface area contributed by atoms with Gasteiger partial charge in [-0.3, -0.25) is 24.0 Å². The van der Waals surface area contributed by atoms with Crippen molar-refractivity contribution >= 4 is 48.1 Å². The van der Waals surface area contributed by atoms with Crippen molar-refractivity contribution in [1.29, 1.82) is 0 Å². The van der Waals surface area contributed by atoms with E-state index in [0.29, 0.717) is 32.2 Å². The Labute approximate surface area is 310 Å². The fourth-order valence-electron chi connectivity index (χ4n) is 7.29. The van der Waals surface area contributed by atoms with Crippen molar-refractivity contribution in [3.05, 3.63) is 72.8 Å². The molecule has 0 saturated carbocycles. The van der Waals surface area contributed by atoms with Crippen molar-refractivity contribution in [2.75, 3.05) is 6.54 Å². The van der Waals surface area contributed by atoms with E-state index < -0.39 is 49.9 Å².